The predicted molar refractivity (Wildman–Crippen MR) is 123 cm³/mol. The Morgan fingerprint density at radius 1 is 1.03 bits per heavy atom. The highest BCUT2D eigenvalue weighted by atomic mass is 35.5. The van der Waals surface area contributed by atoms with Crippen LogP contribution in [0.15, 0.2) is 48.5 Å². The van der Waals surface area contributed by atoms with Gasteiger partial charge in [-0.2, -0.15) is 0 Å². The van der Waals surface area contributed by atoms with Crippen LogP contribution in [-0.4, -0.2) is 42.9 Å². The van der Waals surface area contributed by atoms with E-state index < -0.39 is 5.38 Å². The van der Waals surface area contributed by atoms with Crippen molar-refractivity contribution in [3.05, 3.63) is 59.7 Å². The SMILES string of the molecule is CCN(CC)C(=O)c1cc(NC(=O)[C@@H](Cl)c2ccccc2)ccc1N1CCCCC1. The van der Waals surface area contributed by atoms with E-state index in [0.29, 0.717) is 24.3 Å². The van der Waals surface area contributed by atoms with Gasteiger partial charge in [0.15, 0.2) is 0 Å². The maximum absolute atomic E-state index is 13.2. The lowest BCUT2D eigenvalue weighted by molar-refractivity contribution is -0.116. The minimum absolute atomic E-state index is 0.0119. The van der Waals surface area contributed by atoms with Gasteiger partial charge in [-0.3, -0.25) is 9.59 Å². The molecule has 5 nitrogen and oxygen atoms in total. The minimum Gasteiger partial charge on any atom is -0.371 e. The van der Waals surface area contributed by atoms with Crippen molar-refractivity contribution in [1.82, 2.24) is 4.90 Å². The first-order valence-corrected chi connectivity index (χ1v) is 11.2. The van der Waals surface area contributed by atoms with Crippen LogP contribution < -0.4 is 10.2 Å². The summed E-state index contributed by atoms with van der Waals surface area (Å²) in [5.74, 6) is -0.322. The molecule has 2 amide bonds. The second kappa shape index (κ2) is 10.5. The molecule has 30 heavy (non-hydrogen) atoms. The van der Waals surface area contributed by atoms with E-state index in [1.165, 1.54) is 6.42 Å². The Kier molecular flexibility index (Phi) is 7.75. The predicted octanol–water partition coefficient (Wildman–Crippen LogP) is 5.08. The number of hydrogen-bond donors (Lipinski definition) is 1. The van der Waals surface area contributed by atoms with Crippen molar-refractivity contribution in [3.8, 4) is 0 Å². The van der Waals surface area contributed by atoms with E-state index in [9.17, 15) is 9.59 Å². The average Bonchev–Trinajstić information content (AvgIpc) is 2.80. The molecule has 6 heteroatoms. The van der Waals surface area contributed by atoms with Crippen LogP contribution in [0.3, 0.4) is 0 Å². The van der Waals surface area contributed by atoms with Crippen LogP contribution in [0, 0.1) is 0 Å². The second-order valence-corrected chi connectivity index (χ2v) is 7.96. The van der Waals surface area contributed by atoms with Crippen molar-refractivity contribution in [3.63, 3.8) is 0 Å². The van der Waals surface area contributed by atoms with Crippen LogP contribution in [0.5, 0.6) is 0 Å². The first kappa shape index (κ1) is 22.2. The van der Waals surface area contributed by atoms with E-state index in [2.05, 4.69) is 10.2 Å². The summed E-state index contributed by atoms with van der Waals surface area (Å²) in [6.45, 7) is 7.13. The minimum atomic E-state index is -0.796. The van der Waals surface area contributed by atoms with Crippen LogP contribution in [0.2, 0.25) is 0 Å². The summed E-state index contributed by atoms with van der Waals surface area (Å²) < 4.78 is 0. The zero-order valence-electron chi connectivity index (χ0n) is 17.7. The van der Waals surface area contributed by atoms with Gasteiger partial charge in [0.25, 0.3) is 5.91 Å². The van der Waals surface area contributed by atoms with Crippen molar-refractivity contribution < 1.29 is 9.59 Å². The van der Waals surface area contributed by atoms with Crippen LogP contribution in [0.4, 0.5) is 11.4 Å². The molecule has 1 N–H and O–H groups in total. The van der Waals surface area contributed by atoms with E-state index in [1.807, 2.05) is 61.2 Å². The summed E-state index contributed by atoms with van der Waals surface area (Å²) in [6, 6.07) is 14.8. The molecule has 0 bridgehead atoms. The number of piperidine rings is 1. The van der Waals surface area contributed by atoms with Crippen LogP contribution in [-0.2, 0) is 4.79 Å². The molecule has 0 aliphatic carbocycles. The fourth-order valence-electron chi connectivity index (χ4n) is 3.86. The number of benzene rings is 2. The highest BCUT2D eigenvalue weighted by Crippen LogP contribution is 2.29. The van der Waals surface area contributed by atoms with Crippen molar-refractivity contribution in [2.45, 2.75) is 38.5 Å². The number of hydrogen-bond acceptors (Lipinski definition) is 3. The lowest BCUT2D eigenvalue weighted by Crippen LogP contribution is -2.35. The monoisotopic (exact) mass is 427 g/mol. The van der Waals surface area contributed by atoms with Gasteiger partial charge < -0.3 is 15.1 Å². The first-order valence-electron chi connectivity index (χ1n) is 10.7. The van der Waals surface area contributed by atoms with Crippen molar-refractivity contribution in [1.29, 1.82) is 0 Å². The zero-order chi connectivity index (χ0) is 21.5. The Hall–Kier alpha value is -2.53. The summed E-state index contributed by atoms with van der Waals surface area (Å²) >= 11 is 6.36. The van der Waals surface area contributed by atoms with Gasteiger partial charge in [0.2, 0.25) is 5.91 Å². The highest BCUT2D eigenvalue weighted by Gasteiger charge is 2.23. The molecule has 0 aromatic heterocycles. The number of alkyl halides is 1. The topological polar surface area (TPSA) is 52.7 Å². The third-order valence-electron chi connectivity index (χ3n) is 5.56. The normalized spacial score (nSPS) is 14.8. The Bertz CT molecular complexity index is 862. The lowest BCUT2D eigenvalue weighted by Gasteiger charge is -2.31. The maximum atomic E-state index is 13.2. The number of amides is 2. The molecular weight excluding hydrogens is 398 g/mol. The van der Waals surface area contributed by atoms with E-state index >= 15 is 0 Å². The molecule has 1 saturated heterocycles. The molecule has 0 radical (unpaired) electrons. The number of rotatable bonds is 7. The molecule has 1 aliphatic rings. The van der Waals surface area contributed by atoms with Gasteiger partial charge in [-0.1, -0.05) is 30.3 Å². The standard InChI is InChI=1S/C24H30ClN3O2/c1-3-27(4-2)24(30)20-17-19(13-14-21(20)28-15-9-6-10-16-28)26-23(29)22(25)18-11-7-5-8-12-18/h5,7-8,11-14,17,22H,3-4,6,9-10,15-16H2,1-2H3,(H,26,29)/t22-/m0/s1. The Labute approximate surface area is 184 Å². The summed E-state index contributed by atoms with van der Waals surface area (Å²) in [7, 11) is 0. The average molecular weight is 428 g/mol. The van der Waals surface area contributed by atoms with Gasteiger partial charge in [-0.25, -0.2) is 0 Å². The summed E-state index contributed by atoms with van der Waals surface area (Å²) in [6.07, 6.45) is 3.48. The number of nitrogens with zero attached hydrogens (tertiary/aromatic N) is 2. The number of carbonyl (C=O) groups is 2. The first-order chi connectivity index (χ1) is 14.5. The van der Waals surface area contributed by atoms with Gasteiger partial charge in [-0.05, 0) is 56.9 Å². The summed E-state index contributed by atoms with van der Waals surface area (Å²) in [5, 5.41) is 2.08. The molecule has 1 heterocycles. The molecule has 2 aromatic carbocycles. The molecule has 160 valence electrons. The third-order valence-corrected chi connectivity index (χ3v) is 6.01. The fraction of sp³-hybridized carbons (Fsp3) is 0.417. The molecule has 0 spiro atoms. The van der Waals surface area contributed by atoms with Crippen LogP contribution in [0.25, 0.3) is 0 Å². The third kappa shape index (κ3) is 5.14. The van der Waals surface area contributed by atoms with Gasteiger partial charge in [0, 0.05) is 37.6 Å². The highest BCUT2D eigenvalue weighted by molar-refractivity contribution is 6.32. The van der Waals surface area contributed by atoms with Gasteiger partial charge in [0.05, 0.1) is 5.56 Å². The number of nitrogens with one attached hydrogen (secondary N) is 1. The molecule has 1 fully saturated rings. The smallest absolute Gasteiger partial charge is 0.256 e. The molecule has 2 aromatic rings. The Morgan fingerprint density at radius 2 is 1.70 bits per heavy atom. The van der Waals surface area contributed by atoms with E-state index in [4.69, 9.17) is 11.6 Å². The molecule has 1 atom stereocenters. The fourth-order valence-corrected chi connectivity index (χ4v) is 4.06. The summed E-state index contributed by atoms with van der Waals surface area (Å²) in [5.41, 5.74) is 2.89. The molecular formula is C24H30ClN3O2. The molecule has 0 unspecified atom stereocenters. The van der Waals surface area contributed by atoms with Crippen LogP contribution >= 0.6 is 11.6 Å². The quantitative estimate of drug-likeness (QED) is 0.627. The lowest BCUT2D eigenvalue weighted by atomic mass is 10.0. The van der Waals surface area contributed by atoms with Crippen molar-refractivity contribution >= 4 is 34.8 Å². The van der Waals surface area contributed by atoms with Gasteiger partial charge >= 0.3 is 0 Å². The number of carbonyl (C=O) groups excluding carboxylic acids is 2. The maximum Gasteiger partial charge on any atom is 0.256 e. The number of anilines is 2. The van der Waals surface area contributed by atoms with E-state index in [-0.39, 0.29) is 11.8 Å². The van der Waals surface area contributed by atoms with E-state index in [1.54, 1.807) is 6.07 Å². The van der Waals surface area contributed by atoms with Gasteiger partial charge in [-0.15, -0.1) is 11.6 Å². The Balaban J connectivity index is 1.87. The molecule has 0 saturated carbocycles. The van der Waals surface area contributed by atoms with Crippen molar-refractivity contribution in [2.75, 3.05) is 36.4 Å². The molecule has 1 aliphatic heterocycles. The summed E-state index contributed by atoms with van der Waals surface area (Å²) in [4.78, 5) is 30.0. The zero-order valence-corrected chi connectivity index (χ0v) is 18.5. The number of halogens is 1. The largest absolute Gasteiger partial charge is 0.371 e. The van der Waals surface area contributed by atoms with E-state index in [0.717, 1.165) is 37.2 Å². The Morgan fingerprint density at radius 3 is 2.33 bits per heavy atom. The van der Waals surface area contributed by atoms with Gasteiger partial charge in [0.1, 0.15) is 5.38 Å². The van der Waals surface area contributed by atoms with Crippen molar-refractivity contribution in [2.24, 2.45) is 0 Å². The second-order valence-electron chi connectivity index (χ2n) is 7.52. The van der Waals surface area contributed by atoms with Crippen LogP contribution in [0.1, 0.15) is 54.4 Å². The molecule has 3 rings (SSSR count).